The number of hydrogen-bond acceptors (Lipinski definition) is 8. The first-order chi connectivity index (χ1) is 19.4. The highest BCUT2D eigenvalue weighted by atomic mass is 16.6. The summed E-state index contributed by atoms with van der Waals surface area (Å²) < 4.78 is 12.2. The zero-order chi connectivity index (χ0) is 28.2. The van der Waals surface area contributed by atoms with Crippen molar-refractivity contribution >= 4 is 34.3 Å². The summed E-state index contributed by atoms with van der Waals surface area (Å²) >= 11 is 0. The number of esters is 1. The summed E-state index contributed by atoms with van der Waals surface area (Å²) in [6, 6.07) is 24.2. The van der Waals surface area contributed by atoms with E-state index >= 15 is 0 Å². The number of carbonyl (C=O) groups excluding carboxylic acids is 2. The Balaban J connectivity index is 1.47. The highest BCUT2D eigenvalue weighted by Gasteiger charge is 2.23. The summed E-state index contributed by atoms with van der Waals surface area (Å²) in [5.41, 5.74) is 3.15. The Morgan fingerprint density at radius 1 is 1.00 bits per heavy atom. The number of amides is 1. The maximum absolute atomic E-state index is 13.4. The lowest BCUT2D eigenvalue weighted by Gasteiger charge is -2.11. The fourth-order valence-electron chi connectivity index (χ4n) is 4.26. The molecule has 0 saturated heterocycles. The minimum absolute atomic E-state index is 0.0791. The van der Waals surface area contributed by atoms with E-state index in [2.05, 4.69) is 10.4 Å². The average Bonchev–Trinajstić information content (AvgIpc) is 3.32. The number of hydrogen-bond donors (Lipinski definition) is 1. The third-order valence-corrected chi connectivity index (χ3v) is 6.11. The molecule has 5 aromatic rings. The number of ether oxygens (including phenoxy) is 2. The van der Waals surface area contributed by atoms with E-state index < -0.39 is 23.4 Å². The van der Waals surface area contributed by atoms with E-state index in [4.69, 9.17) is 14.5 Å². The molecule has 0 saturated carbocycles. The number of nitrogens with one attached hydrogen (secondary N) is 1. The van der Waals surface area contributed by atoms with Crippen LogP contribution in [0, 0.1) is 17.0 Å². The number of non-ortho nitro benzene ring substituents is 1. The Kier molecular flexibility index (Phi) is 7.18. The summed E-state index contributed by atoms with van der Waals surface area (Å²) in [4.78, 5) is 41.4. The molecule has 3 aromatic carbocycles. The highest BCUT2D eigenvalue weighted by Crippen LogP contribution is 2.30. The number of rotatable bonds is 8. The molecule has 5 rings (SSSR count). The maximum Gasteiger partial charge on any atom is 0.339 e. The van der Waals surface area contributed by atoms with Gasteiger partial charge in [0, 0.05) is 17.7 Å². The fraction of sp³-hybridized carbons (Fsp3) is 0.103. The lowest BCUT2D eigenvalue weighted by Crippen LogP contribution is -2.21. The molecule has 11 heteroatoms. The van der Waals surface area contributed by atoms with Crippen LogP contribution in [-0.4, -0.2) is 45.3 Å². The van der Waals surface area contributed by atoms with Crippen molar-refractivity contribution in [3.63, 3.8) is 0 Å². The van der Waals surface area contributed by atoms with Crippen molar-refractivity contribution in [1.29, 1.82) is 0 Å². The second-order valence-electron chi connectivity index (χ2n) is 8.72. The van der Waals surface area contributed by atoms with Crippen LogP contribution in [-0.2, 0) is 9.53 Å². The number of methoxy groups -OCH3 is 1. The number of para-hydroxylation sites is 1. The largest absolute Gasteiger partial charge is 0.495 e. The van der Waals surface area contributed by atoms with Gasteiger partial charge in [0.1, 0.15) is 5.75 Å². The summed E-state index contributed by atoms with van der Waals surface area (Å²) in [6.45, 7) is 1.13. The zero-order valence-corrected chi connectivity index (χ0v) is 21.5. The van der Waals surface area contributed by atoms with Gasteiger partial charge in [0.05, 0.1) is 45.7 Å². The Hall–Kier alpha value is -5.58. The van der Waals surface area contributed by atoms with Crippen molar-refractivity contribution < 1.29 is 24.0 Å². The van der Waals surface area contributed by atoms with Crippen LogP contribution in [0.4, 0.5) is 11.4 Å². The van der Waals surface area contributed by atoms with Gasteiger partial charge in [0.25, 0.3) is 11.6 Å². The van der Waals surface area contributed by atoms with Crippen molar-refractivity contribution in [3.05, 3.63) is 106 Å². The van der Waals surface area contributed by atoms with Crippen LogP contribution in [0.3, 0.4) is 0 Å². The molecule has 0 spiro atoms. The van der Waals surface area contributed by atoms with E-state index in [0.717, 1.165) is 11.3 Å². The van der Waals surface area contributed by atoms with Crippen LogP contribution in [0.5, 0.6) is 5.75 Å². The van der Waals surface area contributed by atoms with Crippen LogP contribution < -0.4 is 10.1 Å². The van der Waals surface area contributed by atoms with Crippen LogP contribution in [0.25, 0.3) is 28.0 Å². The Bertz CT molecular complexity index is 1730. The Morgan fingerprint density at radius 2 is 1.70 bits per heavy atom. The molecule has 11 nitrogen and oxygen atoms in total. The quantitative estimate of drug-likeness (QED) is 0.164. The van der Waals surface area contributed by atoms with Gasteiger partial charge in [-0.15, -0.1) is 0 Å². The molecular weight excluding hydrogens is 514 g/mol. The second kappa shape index (κ2) is 11.0. The van der Waals surface area contributed by atoms with E-state index in [-0.39, 0.29) is 22.7 Å². The van der Waals surface area contributed by atoms with Gasteiger partial charge in [-0.25, -0.2) is 14.5 Å². The molecule has 0 aliphatic carbocycles. The summed E-state index contributed by atoms with van der Waals surface area (Å²) in [5, 5.41) is 18.8. The second-order valence-corrected chi connectivity index (χ2v) is 8.72. The molecule has 1 N–H and O–H groups in total. The molecule has 0 radical (unpaired) electrons. The van der Waals surface area contributed by atoms with Crippen LogP contribution in [0.1, 0.15) is 16.1 Å². The van der Waals surface area contributed by atoms with E-state index in [1.807, 2.05) is 60.7 Å². The minimum Gasteiger partial charge on any atom is -0.495 e. The van der Waals surface area contributed by atoms with Gasteiger partial charge in [-0.2, -0.15) is 5.10 Å². The van der Waals surface area contributed by atoms with E-state index in [1.54, 1.807) is 17.7 Å². The summed E-state index contributed by atoms with van der Waals surface area (Å²) in [5.74, 6) is -1.23. The van der Waals surface area contributed by atoms with Crippen molar-refractivity contribution in [1.82, 2.24) is 14.8 Å². The number of benzene rings is 3. The highest BCUT2D eigenvalue weighted by molar-refractivity contribution is 6.06. The first kappa shape index (κ1) is 26.0. The van der Waals surface area contributed by atoms with Crippen molar-refractivity contribution in [2.45, 2.75) is 6.92 Å². The van der Waals surface area contributed by atoms with E-state index in [1.165, 1.54) is 25.3 Å². The lowest BCUT2D eigenvalue weighted by atomic mass is 10.1. The van der Waals surface area contributed by atoms with Gasteiger partial charge in [-0.05, 0) is 31.2 Å². The van der Waals surface area contributed by atoms with E-state index in [0.29, 0.717) is 22.4 Å². The third kappa shape index (κ3) is 5.20. The number of anilines is 1. The van der Waals surface area contributed by atoms with Gasteiger partial charge in [0.2, 0.25) is 0 Å². The van der Waals surface area contributed by atoms with Gasteiger partial charge in [-0.3, -0.25) is 14.9 Å². The number of pyridine rings is 1. The standard InChI is InChI=1S/C29H23N5O6/c1-18-27-22(29(36)40-17-26(35)30-24-15-21(34(37)38)13-14-25(24)39-2)16-23(19-9-5-3-6-10-19)31-28(27)33(32-18)20-11-7-4-8-12-20/h3-16H,17H2,1-2H3,(H,30,35). The molecule has 0 fully saturated rings. The fourth-order valence-corrected chi connectivity index (χ4v) is 4.26. The molecule has 0 aliphatic heterocycles. The van der Waals surface area contributed by atoms with Gasteiger partial charge >= 0.3 is 5.97 Å². The van der Waals surface area contributed by atoms with Crippen molar-refractivity contribution in [2.75, 3.05) is 19.0 Å². The molecule has 2 heterocycles. The SMILES string of the molecule is COc1ccc([N+](=O)[O-])cc1NC(=O)COC(=O)c1cc(-c2ccccc2)nc2c1c(C)nn2-c1ccccc1. The monoisotopic (exact) mass is 537 g/mol. The molecule has 200 valence electrons. The number of nitro groups is 1. The van der Waals surface area contributed by atoms with Crippen molar-refractivity contribution in [3.8, 4) is 22.7 Å². The first-order valence-electron chi connectivity index (χ1n) is 12.2. The minimum atomic E-state index is -0.749. The van der Waals surface area contributed by atoms with Crippen molar-refractivity contribution in [2.24, 2.45) is 0 Å². The Morgan fingerprint density at radius 3 is 2.38 bits per heavy atom. The molecule has 1 amide bonds. The predicted octanol–water partition coefficient (Wildman–Crippen LogP) is 5.11. The first-order valence-corrected chi connectivity index (χ1v) is 12.2. The summed E-state index contributed by atoms with van der Waals surface area (Å²) in [7, 11) is 1.37. The molecule has 40 heavy (non-hydrogen) atoms. The zero-order valence-electron chi connectivity index (χ0n) is 21.5. The molecule has 0 aliphatic rings. The topological polar surface area (TPSA) is 138 Å². The molecule has 0 unspecified atom stereocenters. The number of fused-ring (bicyclic) bond motifs is 1. The molecule has 0 atom stereocenters. The number of nitrogens with zero attached hydrogens (tertiary/aromatic N) is 4. The normalized spacial score (nSPS) is 10.8. The van der Waals surface area contributed by atoms with Gasteiger partial charge < -0.3 is 14.8 Å². The maximum atomic E-state index is 13.4. The van der Waals surface area contributed by atoms with Crippen LogP contribution >= 0.6 is 0 Å². The smallest absolute Gasteiger partial charge is 0.339 e. The molecular formula is C29H23N5O6. The third-order valence-electron chi connectivity index (χ3n) is 6.11. The van der Waals surface area contributed by atoms with Gasteiger partial charge in [-0.1, -0.05) is 48.5 Å². The van der Waals surface area contributed by atoms with Gasteiger partial charge in [0.15, 0.2) is 12.3 Å². The summed E-state index contributed by atoms with van der Waals surface area (Å²) in [6.07, 6.45) is 0. The van der Waals surface area contributed by atoms with Crippen LogP contribution in [0.15, 0.2) is 84.9 Å². The molecule has 2 aromatic heterocycles. The Labute approximate surface area is 228 Å². The van der Waals surface area contributed by atoms with Crippen LogP contribution in [0.2, 0.25) is 0 Å². The number of aromatic nitrogens is 3. The number of nitro benzene ring substituents is 1. The number of carbonyl (C=O) groups is 2. The molecule has 0 bridgehead atoms. The van der Waals surface area contributed by atoms with E-state index in [9.17, 15) is 19.7 Å². The predicted molar refractivity (Wildman–Crippen MR) is 148 cm³/mol. The average molecular weight is 538 g/mol. The number of aryl methyl sites for hydroxylation is 1. The lowest BCUT2D eigenvalue weighted by molar-refractivity contribution is -0.384.